The van der Waals surface area contributed by atoms with Gasteiger partial charge < -0.3 is 19.5 Å². The SMILES string of the molecule is CC(C)(C)OC(=O)c1ccc([C@@H]2CN(C(=O)OC(C)(C)C)CC[C@H]2CO)cc1. The van der Waals surface area contributed by atoms with E-state index in [1.807, 2.05) is 53.7 Å². The van der Waals surface area contributed by atoms with E-state index in [1.54, 1.807) is 17.0 Å². The van der Waals surface area contributed by atoms with E-state index in [2.05, 4.69) is 0 Å². The maximum atomic E-state index is 12.4. The summed E-state index contributed by atoms with van der Waals surface area (Å²) >= 11 is 0. The van der Waals surface area contributed by atoms with Crippen LogP contribution in [0.5, 0.6) is 0 Å². The van der Waals surface area contributed by atoms with E-state index in [0.29, 0.717) is 25.1 Å². The van der Waals surface area contributed by atoms with Gasteiger partial charge in [-0.3, -0.25) is 0 Å². The zero-order valence-electron chi connectivity index (χ0n) is 17.8. The van der Waals surface area contributed by atoms with Crippen LogP contribution in [-0.2, 0) is 9.47 Å². The average molecular weight is 392 g/mol. The lowest BCUT2D eigenvalue weighted by Gasteiger charge is -2.38. The van der Waals surface area contributed by atoms with E-state index in [0.717, 1.165) is 5.56 Å². The van der Waals surface area contributed by atoms with Gasteiger partial charge >= 0.3 is 12.1 Å². The fourth-order valence-electron chi connectivity index (χ4n) is 3.29. The second-order valence-electron chi connectivity index (χ2n) is 9.39. The molecule has 0 spiro atoms. The number of esters is 1. The number of hydrogen-bond acceptors (Lipinski definition) is 5. The fourth-order valence-corrected chi connectivity index (χ4v) is 3.29. The summed E-state index contributed by atoms with van der Waals surface area (Å²) in [4.78, 5) is 26.4. The molecule has 1 heterocycles. The number of amides is 1. The molecule has 0 bridgehead atoms. The molecule has 1 N–H and O–H groups in total. The van der Waals surface area contributed by atoms with Gasteiger partial charge in [-0.2, -0.15) is 0 Å². The Morgan fingerprint density at radius 3 is 2.11 bits per heavy atom. The van der Waals surface area contributed by atoms with Crippen LogP contribution < -0.4 is 0 Å². The first-order valence-electron chi connectivity index (χ1n) is 9.82. The van der Waals surface area contributed by atoms with Crippen molar-refractivity contribution in [3.8, 4) is 0 Å². The van der Waals surface area contributed by atoms with Crippen LogP contribution in [-0.4, -0.2) is 53.0 Å². The van der Waals surface area contributed by atoms with Crippen molar-refractivity contribution >= 4 is 12.1 Å². The zero-order valence-corrected chi connectivity index (χ0v) is 17.8. The highest BCUT2D eigenvalue weighted by Gasteiger charge is 2.34. The predicted molar refractivity (Wildman–Crippen MR) is 107 cm³/mol. The summed E-state index contributed by atoms with van der Waals surface area (Å²) in [7, 11) is 0. The molecule has 156 valence electrons. The maximum absolute atomic E-state index is 12.4. The molecule has 1 aliphatic rings. The third-order valence-electron chi connectivity index (χ3n) is 4.62. The minimum atomic E-state index is -0.547. The molecule has 1 saturated heterocycles. The van der Waals surface area contributed by atoms with E-state index in [1.165, 1.54) is 0 Å². The number of nitrogens with zero attached hydrogens (tertiary/aromatic N) is 1. The Balaban J connectivity index is 2.14. The number of aliphatic hydroxyl groups excluding tert-OH is 1. The molecule has 0 aliphatic carbocycles. The van der Waals surface area contributed by atoms with Gasteiger partial charge in [0.15, 0.2) is 0 Å². The number of piperidine rings is 1. The summed E-state index contributed by atoms with van der Waals surface area (Å²) in [5.41, 5.74) is 0.378. The molecule has 2 atom stereocenters. The minimum Gasteiger partial charge on any atom is -0.456 e. The lowest BCUT2D eigenvalue weighted by atomic mass is 9.81. The number of carbonyl (C=O) groups is 2. The van der Waals surface area contributed by atoms with Crippen molar-refractivity contribution in [2.24, 2.45) is 5.92 Å². The van der Waals surface area contributed by atoms with Crippen molar-refractivity contribution in [1.82, 2.24) is 4.90 Å². The van der Waals surface area contributed by atoms with Crippen molar-refractivity contribution < 1.29 is 24.2 Å². The molecule has 1 aromatic rings. The molecular formula is C22H33NO5. The summed E-state index contributed by atoms with van der Waals surface area (Å²) in [5, 5.41) is 9.80. The third kappa shape index (κ3) is 6.23. The van der Waals surface area contributed by atoms with Crippen molar-refractivity contribution in [3.05, 3.63) is 35.4 Å². The van der Waals surface area contributed by atoms with Gasteiger partial charge in [-0.1, -0.05) is 12.1 Å². The molecule has 28 heavy (non-hydrogen) atoms. The summed E-state index contributed by atoms with van der Waals surface area (Å²) in [6.07, 6.45) is 0.369. The van der Waals surface area contributed by atoms with E-state index in [9.17, 15) is 14.7 Å². The second kappa shape index (κ2) is 8.52. The molecule has 2 rings (SSSR count). The molecule has 1 fully saturated rings. The van der Waals surface area contributed by atoms with Gasteiger partial charge in [-0.05, 0) is 71.6 Å². The highest BCUT2D eigenvalue weighted by atomic mass is 16.6. The molecular weight excluding hydrogens is 358 g/mol. The number of ether oxygens (including phenoxy) is 2. The molecule has 1 amide bonds. The number of rotatable bonds is 3. The highest BCUT2D eigenvalue weighted by Crippen LogP contribution is 2.33. The third-order valence-corrected chi connectivity index (χ3v) is 4.62. The Kier molecular flexibility index (Phi) is 6.75. The topological polar surface area (TPSA) is 76.1 Å². The van der Waals surface area contributed by atoms with Crippen molar-refractivity contribution in [3.63, 3.8) is 0 Å². The Labute approximate surface area is 167 Å². The van der Waals surface area contributed by atoms with Crippen LogP contribution in [0.3, 0.4) is 0 Å². The van der Waals surface area contributed by atoms with Crippen LogP contribution in [0.2, 0.25) is 0 Å². The van der Waals surface area contributed by atoms with Gasteiger partial charge in [0.25, 0.3) is 0 Å². The second-order valence-corrected chi connectivity index (χ2v) is 9.39. The van der Waals surface area contributed by atoms with Gasteiger partial charge in [-0.15, -0.1) is 0 Å². The van der Waals surface area contributed by atoms with Crippen LogP contribution in [0.1, 0.15) is 69.8 Å². The number of likely N-dealkylation sites (tertiary alicyclic amines) is 1. The van der Waals surface area contributed by atoms with Gasteiger partial charge in [0.1, 0.15) is 11.2 Å². The van der Waals surface area contributed by atoms with Crippen LogP contribution in [0, 0.1) is 5.92 Å². The molecule has 0 saturated carbocycles. The van der Waals surface area contributed by atoms with E-state index in [-0.39, 0.29) is 30.5 Å². The lowest BCUT2D eigenvalue weighted by molar-refractivity contribution is 0.00685. The molecule has 1 aliphatic heterocycles. The number of carbonyl (C=O) groups excluding carboxylic acids is 2. The predicted octanol–water partition coefficient (Wildman–Crippen LogP) is 3.97. The quantitative estimate of drug-likeness (QED) is 0.789. The molecule has 0 radical (unpaired) electrons. The summed E-state index contributed by atoms with van der Waals surface area (Å²) < 4.78 is 10.9. The Morgan fingerprint density at radius 1 is 1.04 bits per heavy atom. The number of aliphatic hydroxyl groups is 1. The first-order chi connectivity index (χ1) is 12.9. The lowest BCUT2D eigenvalue weighted by Crippen LogP contribution is -2.45. The Bertz CT molecular complexity index is 684. The van der Waals surface area contributed by atoms with E-state index >= 15 is 0 Å². The maximum Gasteiger partial charge on any atom is 0.410 e. The van der Waals surface area contributed by atoms with Gasteiger partial charge in [0.2, 0.25) is 0 Å². The summed E-state index contributed by atoms with van der Waals surface area (Å²) in [6, 6.07) is 7.24. The van der Waals surface area contributed by atoms with Crippen LogP contribution in [0.4, 0.5) is 4.79 Å². The van der Waals surface area contributed by atoms with Gasteiger partial charge in [0.05, 0.1) is 5.56 Å². The first kappa shape index (κ1) is 22.2. The smallest absolute Gasteiger partial charge is 0.410 e. The average Bonchev–Trinajstić information content (AvgIpc) is 2.58. The molecule has 1 aromatic carbocycles. The largest absolute Gasteiger partial charge is 0.456 e. The van der Waals surface area contributed by atoms with Crippen LogP contribution in [0.15, 0.2) is 24.3 Å². The zero-order chi connectivity index (χ0) is 21.1. The standard InChI is InChI=1S/C22H33NO5/c1-21(2,3)27-19(25)16-9-7-15(8-10-16)18-13-23(12-11-17(18)14-24)20(26)28-22(4,5)6/h7-10,17-18,24H,11-14H2,1-6H3/t17-,18-/m0/s1. The summed E-state index contributed by atoms with van der Waals surface area (Å²) in [6.45, 7) is 12.1. The van der Waals surface area contributed by atoms with E-state index < -0.39 is 11.2 Å². The monoisotopic (exact) mass is 391 g/mol. The van der Waals surface area contributed by atoms with Gasteiger partial charge in [0, 0.05) is 25.6 Å². The van der Waals surface area contributed by atoms with Crippen LogP contribution in [0.25, 0.3) is 0 Å². The number of benzene rings is 1. The molecule has 6 nitrogen and oxygen atoms in total. The fraction of sp³-hybridized carbons (Fsp3) is 0.636. The Morgan fingerprint density at radius 2 is 1.61 bits per heavy atom. The van der Waals surface area contributed by atoms with Crippen molar-refractivity contribution in [1.29, 1.82) is 0 Å². The summed E-state index contributed by atoms with van der Waals surface area (Å²) in [5.74, 6) is -0.318. The molecule has 0 aromatic heterocycles. The van der Waals surface area contributed by atoms with Crippen molar-refractivity contribution in [2.75, 3.05) is 19.7 Å². The van der Waals surface area contributed by atoms with Crippen LogP contribution >= 0.6 is 0 Å². The number of hydrogen-bond donors (Lipinski definition) is 1. The minimum absolute atomic E-state index is 0.0149. The Hall–Kier alpha value is -2.08. The first-order valence-corrected chi connectivity index (χ1v) is 9.82. The normalized spacial score (nSPS) is 20.6. The molecule has 6 heteroatoms. The van der Waals surface area contributed by atoms with E-state index in [4.69, 9.17) is 9.47 Å². The van der Waals surface area contributed by atoms with Gasteiger partial charge in [-0.25, -0.2) is 9.59 Å². The highest BCUT2D eigenvalue weighted by molar-refractivity contribution is 5.89. The molecule has 0 unspecified atom stereocenters. The van der Waals surface area contributed by atoms with Crippen molar-refractivity contribution in [2.45, 2.75) is 65.1 Å².